The minimum Gasteiger partial charge on any atom is -0.399 e. The summed E-state index contributed by atoms with van der Waals surface area (Å²) in [5, 5.41) is 0.936. The number of hydrogen-bond acceptors (Lipinski definition) is 3. The molecule has 272 valence electrons. The van der Waals surface area contributed by atoms with Gasteiger partial charge in [-0.05, 0) is 83.1 Å². The van der Waals surface area contributed by atoms with Gasteiger partial charge < -0.3 is 11.1 Å². The molecule has 0 saturated carbocycles. The fraction of sp³-hybridized carbons (Fsp3) is 0.0500. The van der Waals surface area contributed by atoms with Crippen molar-refractivity contribution >= 4 is 34.1 Å². The summed E-state index contributed by atoms with van der Waals surface area (Å²) in [5.41, 5.74) is 9.55. The van der Waals surface area contributed by atoms with Crippen LogP contribution in [-0.4, -0.2) is 11.1 Å². The smallest absolute Gasteiger partial charge is 0.258 e. The number of amides is 1. The third kappa shape index (κ3) is 11.0. The molecule has 6 aromatic carbocycles. The van der Waals surface area contributed by atoms with Crippen molar-refractivity contribution in [2.45, 2.75) is 12.8 Å². The Morgan fingerprint density at radius 1 is 0.491 bits per heavy atom. The molecule has 13 heteroatoms. The number of carbonyl (C=O) groups excluding carboxylic acids is 2. The summed E-state index contributed by atoms with van der Waals surface area (Å²) in [4.78, 5) is 22.4. The molecule has 0 bridgehead atoms. The largest absolute Gasteiger partial charge is 0.399 e. The lowest BCUT2D eigenvalue weighted by molar-refractivity contribution is 0.102. The number of nitrogens with one attached hydrogen (secondary N) is 1. The molecular weight excluding hydrogens is 728 g/mol. The van der Waals surface area contributed by atoms with Gasteiger partial charge in [0.05, 0.1) is 11.1 Å². The van der Waals surface area contributed by atoms with Crippen molar-refractivity contribution in [2.24, 2.45) is 0 Å². The SMILES string of the molecule is Nc1ccc(Cc2ccccc2)cc1.O=C(Cl)c1cc(F)c(F)c(F)c1F.O=C(Nc1ccc(Cc2ccccc2)cc1)c1cc(F)c(F)c(F)c1F. The van der Waals surface area contributed by atoms with E-state index in [0.717, 1.165) is 23.2 Å². The molecule has 0 aliphatic heterocycles. The van der Waals surface area contributed by atoms with Crippen LogP contribution in [0.4, 0.5) is 46.5 Å². The van der Waals surface area contributed by atoms with E-state index in [0.29, 0.717) is 18.2 Å². The Morgan fingerprint density at radius 2 is 0.868 bits per heavy atom. The number of benzene rings is 6. The van der Waals surface area contributed by atoms with E-state index in [1.54, 1.807) is 24.3 Å². The molecule has 0 unspecified atom stereocenters. The van der Waals surface area contributed by atoms with Crippen LogP contribution < -0.4 is 11.1 Å². The number of rotatable bonds is 7. The quantitative estimate of drug-likeness (QED) is 0.0560. The first-order valence-corrected chi connectivity index (χ1v) is 15.8. The predicted octanol–water partition coefficient (Wildman–Crippen LogP) is 10.6. The van der Waals surface area contributed by atoms with Gasteiger partial charge in [-0.2, -0.15) is 0 Å². The van der Waals surface area contributed by atoms with Crippen LogP contribution in [0.15, 0.2) is 121 Å². The topological polar surface area (TPSA) is 72.2 Å². The number of anilines is 2. The standard InChI is InChI=1S/C20H13F4NO.C13H13N.C7HClF4O/c21-16-11-15(17(22)19(24)18(16)23)20(26)25-14-8-6-13(7-9-14)10-12-4-2-1-3-5-12;14-13-8-6-12(7-9-13)10-11-4-2-1-3-5-11;8-7(13)2-1-3(9)5(11)6(12)4(2)10/h1-9,11H,10H2,(H,25,26);1-9H,10,14H2;1H. The van der Waals surface area contributed by atoms with Crippen molar-refractivity contribution in [3.05, 3.63) is 201 Å². The maximum Gasteiger partial charge on any atom is 0.258 e. The Morgan fingerprint density at radius 3 is 1.30 bits per heavy atom. The Hall–Kier alpha value is -6.01. The Kier molecular flexibility index (Phi) is 13.9. The van der Waals surface area contributed by atoms with Gasteiger partial charge in [0.15, 0.2) is 46.5 Å². The van der Waals surface area contributed by atoms with Crippen LogP contribution in [0.5, 0.6) is 0 Å². The molecule has 0 fully saturated rings. The number of hydrogen-bond donors (Lipinski definition) is 2. The zero-order valence-electron chi connectivity index (χ0n) is 27.3. The van der Waals surface area contributed by atoms with Crippen LogP contribution in [0.25, 0.3) is 0 Å². The molecule has 6 aromatic rings. The van der Waals surface area contributed by atoms with Crippen molar-refractivity contribution in [1.29, 1.82) is 0 Å². The normalized spacial score (nSPS) is 10.4. The summed E-state index contributed by atoms with van der Waals surface area (Å²) >= 11 is 4.77. The van der Waals surface area contributed by atoms with Gasteiger partial charge >= 0.3 is 0 Å². The summed E-state index contributed by atoms with van der Waals surface area (Å²) in [5.74, 6) is -15.9. The first kappa shape index (κ1) is 39.8. The van der Waals surface area contributed by atoms with Crippen LogP contribution in [0, 0.1) is 46.5 Å². The molecule has 0 atom stereocenters. The highest BCUT2D eigenvalue weighted by Gasteiger charge is 2.23. The van der Waals surface area contributed by atoms with Crippen LogP contribution >= 0.6 is 11.6 Å². The molecule has 0 aliphatic rings. The molecule has 4 nitrogen and oxygen atoms in total. The summed E-state index contributed by atoms with van der Waals surface area (Å²) in [6.07, 6.45) is 1.67. The zero-order valence-corrected chi connectivity index (χ0v) is 28.0. The Balaban J connectivity index is 0.000000196. The Labute approximate surface area is 303 Å². The lowest BCUT2D eigenvalue weighted by Gasteiger charge is -2.09. The third-order valence-corrected chi connectivity index (χ3v) is 7.56. The minimum atomic E-state index is -2.05. The van der Waals surface area contributed by atoms with Gasteiger partial charge in [0.2, 0.25) is 0 Å². The molecule has 0 spiro atoms. The minimum absolute atomic E-state index is 0.197. The second-order valence-corrected chi connectivity index (χ2v) is 11.5. The highest BCUT2D eigenvalue weighted by molar-refractivity contribution is 6.67. The maximum absolute atomic E-state index is 13.7. The van der Waals surface area contributed by atoms with E-state index >= 15 is 0 Å². The molecule has 6 rings (SSSR count). The van der Waals surface area contributed by atoms with Gasteiger partial charge in [0.1, 0.15) is 0 Å². The monoisotopic (exact) mass is 754 g/mol. The molecule has 0 radical (unpaired) electrons. The van der Waals surface area contributed by atoms with Gasteiger partial charge in [-0.25, -0.2) is 35.1 Å². The molecule has 3 N–H and O–H groups in total. The van der Waals surface area contributed by atoms with Crippen molar-refractivity contribution in [3.63, 3.8) is 0 Å². The summed E-state index contributed by atoms with van der Waals surface area (Å²) < 4.78 is 103. The van der Waals surface area contributed by atoms with Crippen LogP contribution in [0.2, 0.25) is 0 Å². The van der Waals surface area contributed by atoms with Crippen molar-refractivity contribution in [2.75, 3.05) is 11.1 Å². The van der Waals surface area contributed by atoms with E-state index in [2.05, 4.69) is 41.7 Å². The summed E-state index contributed by atoms with van der Waals surface area (Å²) in [6, 6.07) is 35.4. The van der Waals surface area contributed by atoms with Gasteiger partial charge in [-0.3, -0.25) is 9.59 Å². The fourth-order valence-corrected chi connectivity index (χ4v) is 4.79. The second kappa shape index (κ2) is 18.5. The number of halogens is 9. The molecule has 0 aliphatic carbocycles. The average molecular weight is 755 g/mol. The van der Waals surface area contributed by atoms with E-state index in [1.807, 2.05) is 48.5 Å². The molecular formula is C40H27ClF8N2O2. The summed E-state index contributed by atoms with van der Waals surface area (Å²) in [6.45, 7) is 0. The zero-order chi connectivity index (χ0) is 38.7. The first-order chi connectivity index (χ1) is 25.2. The van der Waals surface area contributed by atoms with Gasteiger partial charge in [0.25, 0.3) is 11.1 Å². The second-order valence-electron chi connectivity index (χ2n) is 11.2. The average Bonchev–Trinajstić information content (AvgIpc) is 3.16. The van der Waals surface area contributed by atoms with Gasteiger partial charge in [0, 0.05) is 11.4 Å². The van der Waals surface area contributed by atoms with Crippen LogP contribution in [-0.2, 0) is 12.8 Å². The third-order valence-electron chi connectivity index (χ3n) is 7.36. The molecule has 0 heterocycles. The van der Waals surface area contributed by atoms with E-state index in [1.165, 1.54) is 11.1 Å². The highest BCUT2D eigenvalue weighted by Crippen LogP contribution is 2.22. The molecule has 0 saturated heterocycles. The van der Waals surface area contributed by atoms with E-state index in [-0.39, 0.29) is 6.07 Å². The number of nitrogens with two attached hydrogens (primary N) is 1. The van der Waals surface area contributed by atoms with Gasteiger partial charge in [-0.1, -0.05) is 84.9 Å². The lowest BCUT2D eigenvalue weighted by Crippen LogP contribution is -2.16. The predicted molar refractivity (Wildman–Crippen MR) is 186 cm³/mol. The van der Waals surface area contributed by atoms with Crippen molar-refractivity contribution in [3.8, 4) is 0 Å². The molecule has 1 amide bonds. The Bertz CT molecular complexity index is 2190. The number of carbonyl (C=O) groups is 2. The van der Waals surface area contributed by atoms with E-state index < -0.39 is 68.8 Å². The molecule has 53 heavy (non-hydrogen) atoms. The molecule has 0 aromatic heterocycles. The van der Waals surface area contributed by atoms with Gasteiger partial charge in [-0.15, -0.1) is 0 Å². The fourth-order valence-electron chi connectivity index (χ4n) is 4.66. The number of nitrogen functional groups attached to an aromatic ring is 1. The van der Waals surface area contributed by atoms with E-state index in [4.69, 9.17) is 17.3 Å². The lowest BCUT2D eigenvalue weighted by atomic mass is 10.0. The first-order valence-electron chi connectivity index (χ1n) is 15.4. The summed E-state index contributed by atoms with van der Waals surface area (Å²) in [7, 11) is 0. The maximum atomic E-state index is 13.7. The van der Waals surface area contributed by atoms with Crippen LogP contribution in [0.1, 0.15) is 43.0 Å². The van der Waals surface area contributed by atoms with Crippen molar-refractivity contribution < 1.29 is 44.7 Å². The highest BCUT2D eigenvalue weighted by atomic mass is 35.5. The van der Waals surface area contributed by atoms with Crippen molar-refractivity contribution in [1.82, 2.24) is 0 Å². The van der Waals surface area contributed by atoms with E-state index in [9.17, 15) is 44.7 Å². The van der Waals surface area contributed by atoms with Crippen LogP contribution in [0.3, 0.4) is 0 Å².